The third-order valence-electron chi connectivity index (χ3n) is 1.75. The van der Waals surface area contributed by atoms with Crippen LogP contribution in [-0.4, -0.2) is 10.9 Å². The number of halogens is 3. The molecule has 0 saturated heterocycles. The predicted molar refractivity (Wildman–Crippen MR) is 50.1 cm³/mol. The van der Waals surface area contributed by atoms with Gasteiger partial charge in [0.25, 0.3) is 12.3 Å². The number of aromatic nitrogens is 1. The maximum Gasteiger partial charge on any atom is 0.280 e. The molecule has 0 spiro atoms. The van der Waals surface area contributed by atoms with Crippen molar-refractivity contribution in [3.05, 3.63) is 27.5 Å². The zero-order valence-electron chi connectivity index (χ0n) is 7.22. The zero-order chi connectivity index (χ0) is 10.9. The highest BCUT2D eigenvalue weighted by Gasteiger charge is 2.18. The van der Waals surface area contributed by atoms with Crippen molar-refractivity contribution in [3.63, 3.8) is 0 Å². The number of amides is 1. The summed E-state index contributed by atoms with van der Waals surface area (Å²) in [6.45, 7) is 1.45. The summed E-state index contributed by atoms with van der Waals surface area (Å²) < 4.78 is 25.0. The van der Waals surface area contributed by atoms with Crippen molar-refractivity contribution in [1.29, 1.82) is 0 Å². The number of hydrogen-bond donors (Lipinski definition) is 1. The van der Waals surface area contributed by atoms with Crippen molar-refractivity contribution in [3.8, 4) is 0 Å². The van der Waals surface area contributed by atoms with E-state index in [1.807, 2.05) is 0 Å². The first-order valence-corrected chi connectivity index (χ1v) is 4.47. The molecule has 0 aliphatic carbocycles. The van der Waals surface area contributed by atoms with Gasteiger partial charge >= 0.3 is 0 Å². The van der Waals surface area contributed by atoms with Crippen molar-refractivity contribution in [1.82, 2.24) is 4.98 Å². The van der Waals surface area contributed by atoms with E-state index in [0.29, 0.717) is 0 Å². The molecule has 2 N–H and O–H groups in total. The molecule has 76 valence electrons. The molecule has 1 heterocycles. The van der Waals surface area contributed by atoms with Crippen LogP contribution in [0.15, 0.2) is 10.7 Å². The lowest BCUT2D eigenvalue weighted by molar-refractivity contribution is 0.0998. The van der Waals surface area contributed by atoms with Gasteiger partial charge in [-0.2, -0.15) is 0 Å². The molecule has 1 aromatic heterocycles. The maximum atomic E-state index is 12.3. The molecule has 0 radical (unpaired) electrons. The monoisotopic (exact) mass is 264 g/mol. The van der Waals surface area contributed by atoms with E-state index in [1.165, 1.54) is 6.92 Å². The molecule has 1 aromatic rings. The topological polar surface area (TPSA) is 56.0 Å². The first kappa shape index (κ1) is 11.0. The summed E-state index contributed by atoms with van der Waals surface area (Å²) in [6.07, 6.45) is -1.62. The maximum absolute atomic E-state index is 12.3. The average Bonchev–Trinajstić information content (AvgIpc) is 2.08. The zero-order valence-corrected chi connectivity index (χ0v) is 8.81. The van der Waals surface area contributed by atoms with Crippen molar-refractivity contribution in [2.24, 2.45) is 5.73 Å². The highest BCUT2D eigenvalue weighted by molar-refractivity contribution is 9.10. The molecule has 14 heavy (non-hydrogen) atoms. The first-order chi connectivity index (χ1) is 6.45. The van der Waals surface area contributed by atoms with Gasteiger partial charge in [0.1, 0.15) is 5.69 Å². The summed E-state index contributed by atoms with van der Waals surface area (Å²) in [5, 5.41) is 0. The van der Waals surface area contributed by atoms with Crippen molar-refractivity contribution < 1.29 is 13.6 Å². The number of nitrogens with two attached hydrogens (primary N) is 1. The highest BCUT2D eigenvalue weighted by atomic mass is 79.9. The third kappa shape index (κ3) is 1.89. The second-order valence-electron chi connectivity index (χ2n) is 2.66. The first-order valence-electron chi connectivity index (χ1n) is 3.68. The molecule has 0 aromatic carbocycles. The van der Waals surface area contributed by atoms with Crippen LogP contribution < -0.4 is 5.73 Å². The Labute approximate surface area is 87.4 Å². The summed E-state index contributed by atoms with van der Waals surface area (Å²) >= 11 is 3.03. The third-order valence-corrected chi connectivity index (χ3v) is 2.78. The van der Waals surface area contributed by atoms with E-state index in [4.69, 9.17) is 5.73 Å². The number of nitrogens with zero attached hydrogens (tertiary/aromatic N) is 1. The predicted octanol–water partition coefficient (Wildman–Crippen LogP) is 2.19. The van der Waals surface area contributed by atoms with Gasteiger partial charge in [0.05, 0.1) is 5.56 Å². The quantitative estimate of drug-likeness (QED) is 0.891. The van der Waals surface area contributed by atoms with Crippen LogP contribution in [0.1, 0.15) is 28.0 Å². The minimum Gasteiger partial charge on any atom is -0.366 e. The van der Waals surface area contributed by atoms with Crippen LogP contribution in [0.25, 0.3) is 0 Å². The summed E-state index contributed by atoms with van der Waals surface area (Å²) in [7, 11) is 0. The molecular formula is C8H7BrF2N2O. The molecule has 0 fully saturated rings. The van der Waals surface area contributed by atoms with Gasteiger partial charge in [-0.3, -0.25) is 9.78 Å². The van der Waals surface area contributed by atoms with Gasteiger partial charge in [-0.1, -0.05) is 0 Å². The molecule has 3 nitrogen and oxygen atoms in total. The van der Waals surface area contributed by atoms with Crippen LogP contribution in [0.3, 0.4) is 0 Å². The van der Waals surface area contributed by atoms with E-state index < -0.39 is 12.3 Å². The lowest BCUT2D eigenvalue weighted by Crippen LogP contribution is -2.13. The molecule has 0 aliphatic rings. The number of primary amides is 1. The minimum atomic E-state index is -2.66. The number of hydrogen-bond acceptors (Lipinski definition) is 2. The van der Waals surface area contributed by atoms with E-state index in [9.17, 15) is 13.6 Å². The molecule has 1 rings (SSSR count). The Morgan fingerprint density at radius 1 is 1.64 bits per heavy atom. The Hall–Kier alpha value is -1.04. The smallest absolute Gasteiger partial charge is 0.280 e. The van der Waals surface area contributed by atoms with E-state index in [-0.39, 0.29) is 21.3 Å². The van der Waals surface area contributed by atoms with Crippen molar-refractivity contribution >= 4 is 21.8 Å². The molecule has 0 saturated carbocycles. The lowest BCUT2D eigenvalue weighted by Gasteiger charge is -2.08. The molecule has 0 bridgehead atoms. The minimum absolute atomic E-state index is 0.104. The molecule has 6 heteroatoms. The van der Waals surface area contributed by atoms with E-state index in [2.05, 4.69) is 20.9 Å². The van der Waals surface area contributed by atoms with Gasteiger partial charge in [0.2, 0.25) is 0 Å². The molecule has 1 amide bonds. The summed E-state index contributed by atoms with van der Waals surface area (Å²) in [5.41, 5.74) is 5.00. The fraction of sp³-hybridized carbons (Fsp3) is 0.250. The number of rotatable bonds is 2. The normalized spacial score (nSPS) is 10.6. The Morgan fingerprint density at radius 2 is 2.21 bits per heavy atom. The van der Waals surface area contributed by atoms with Gasteiger partial charge in [-0.05, 0) is 28.4 Å². The lowest BCUT2D eigenvalue weighted by atomic mass is 10.1. The Kier molecular flexibility index (Phi) is 3.15. The van der Waals surface area contributed by atoms with Gasteiger partial charge in [0.15, 0.2) is 0 Å². The highest BCUT2D eigenvalue weighted by Crippen LogP contribution is 2.28. The average molecular weight is 265 g/mol. The SMILES string of the molecule is Cc1c(C(F)F)ncc(C(N)=O)c1Br. The Balaban J connectivity index is 3.33. The van der Waals surface area contributed by atoms with Crippen LogP contribution in [0, 0.1) is 6.92 Å². The molecular weight excluding hydrogens is 258 g/mol. The van der Waals surface area contributed by atoms with E-state index >= 15 is 0 Å². The Bertz CT molecular complexity index is 382. The summed E-state index contributed by atoms with van der Waals surface area (Å²) in [4.78, 5) is 14.3. The van der Waals surface area contributed by atoms with Gasteiger partial charge < -0.3 is 5.73 Å². The standard InChI is InChI=1S/C8H7BrF2N2O/c1-3-5(9)4(8(12)14)2-13-6(3)7(10)11/h2,7H,1H3,(H2,12,14). The fourth-order valence-corrected chi connectivity index (χ4v) is 1.49. The van der Waals surface area contributed by atoms with Crippen LogP contribution >= 0.6 is 15.9 Å². The van der Waals surface area contributed by atoms with Gasteiger partial charge in [-0.15, -0.1) is 0 Å². The number of pyridine rings is 1. The van der Waals surface area contributed by atoms with E-state index in [0.717, 1.165) is 6.20 Å². The van der Waals surface area contributed by atoms with Gasteiger partial charge in [0, 0.05) is 10.7 Å². The number of carbonyl (C=O) groups is 1. The summed E-state index contributed by atoms with van der Waals surface area (Å²) in [5.74, 6) is -0.701. The van der Waals surface area contributed by atoms with Crippen molar-refractivity contribution in [2.75, 3.05) is 0 Å². The number of carbonyl (C=O) groups excluding carboxylic acids is 1. The molecule has 0 aliphatic heterocycles. The van der Waals surface area contributed by atoms with Crippen LogP contribution in [0.2, 0.25) is 0 Å². The fourth-order valence-electron chi connectivity index (χ4n) is 0.994. The summed E-state index contributed by atoms with van der Waals surface area (Å²) in [6, 6.07) is 0. The number of alkyl halides is 2. The molecule has 0 atom stereocenters. The van der Waals surface area contributed by atoms with Crippen LogP contribution in [0.5, 0.6) is 0 Å². The Morgan fingerprint density at radius 3 is 2.64 bits per heavy atom. The second kappa shape index (κ2) is 4.00. The molecule has 0 unspecified atom stereocenters. The van der Waals surface area contributed by atoms with Crippen molar-refractivity contribution in [2.45, 2.75) is 13.3 Å². The van der Waals surface area contributed by atoms with E-state index in [1.54, 1.807) is 0 Å². The second-order valence-corrected chi connectivity index (χ2v) is 3.45. The largest absolute Gasteiger partial charge is 0.366 e. The van der Waals surface area contributed by atoms with Crippen LogP contribution in [0.4, 0.5) is 8.78 Å². The van der Waals surface area contributed by atoms with Gasteiger partial charge in [-0.25, -0.2) is 8.78 Å². The van der Waals surface area contributed by atoms with Crippen LogP contribution in [-0.2, 0) is 0 Å².